The summed E-state index contributed by atoms with van der Waals surface area (Å²) in [6, 6.07) is 14.3. The molecule has 2 rings (SSSR count). The van der Waals surface area contributed by atoms with Gasteiger partial charge in [0.2, 0.25) is 5.69 Å². The number of benzene rings is 1. The molecule has 0 aliphatic carbocycles. The standard InChI is InChI=1S/C17H20NO/c1-3-18-14-8-7-10-16(18)13-12-15-9-5-6-11-17(15)19-4-2/h5-14H,3-4H2,1-2H3/q+1. The van der Waals surface area contributed by atoms with Crippen LogP contribution in [0.2, 0.25) is 0 Å². The number of nitrogens with zero attached hydrogens (tertiary/aromatic N) is 1. The van der Waals surface area contributed by atoms with E-state index >= 15 is 0 Å². The summed E-state index contributed by atoms with van der Waals surface area (Å²) in [5.41, 5.74) is 2.30. The number of aromatic nitrogens is 1. The summed E-state index contributed by atoms with van der Waals surface area (Å²) in [4.78, 5) is 0. The number of hydrogen-bond acceptors (Lipinski definition) is 1. The van der Waals surface area contributed by atoms with Gasteiger partial charge in [-0.25, -0.2) is 0 Å². The molecule has 0 spiro atoms. The Morgan fingerprint density at radius 3 is 2.58 bits per heavy atom. The highest BCUT2D eigenvalue weighted by Gasteiger charge is 2.03. The van der Waals surface area contributed by atoms with Gasteiger partial charge < -0.3 is 4.74 Å². The maximum atomic E-state index is 5.62. The fourth-order valence-corrected chi connectivity index (χ4v) is 2.01. The van der Waals surface area contributed by atoms with E-state index in [9.17, 15) is 0 Å². The third-order valence-electron chi connectivity index (χ3n) is 2.97. The summed E-state index contributed by atoms with van der Waals surface area (Å²) in [5.74, 6) is 0.931. The number of ether oxygens (including phenoxy) is 1. The Morgan fingerprint density at radius 1 is 1.00 bits per heavy atom. The second-order valence-electron chi connectivity index (χ2n) is 4.22. The predicted molar refractivity (Wildman–Crippen MR) is 78.9 cm³/mol. The Hall–Kier alpha value is -2.09. The molecule has 2 nitrogen and oxygen atoms in total. The number of pyridine rings is 1. The van der Waals surface area contributed by atoms with Gasteiger partial charge >= 0.3 is 0 Å². The van der Waals surface area contributed by atoms with Gasteiger partial charge in [-0.3, -0.25) is 0 Å². The summed E-state index contributed by atoms with van der Waals surface area (Å²) in [7, 11) is 0. The average molecular weight is 254 g/mol. The fraction of sp³-hybridized carbons (Fsp3) is 0.235. The maximum Gasteiger partial charge on any atom is 0.205 e. The molecule has 0 saturated heterocycles. The monoisotopic (exact) mass is 254 g/mol. The van der Waals surface area contributed by atoms with Crippen LogP contribution >= 0.6 is 0 Å². The molecule has 1 heterocycles. The van der Waals surface area contributed by atoms with Crippen molar-refractivity contribution < 1.29 is 9.30 Å². The summed E-state index contributed by atoms with van der Waals surface area (Å²) in [6.07, 6.45) is 6.32. The molecular formula is C17H20NO+. The lowest BCUT2D eigenvalue weighted by Gasteiger charge is -2.06. The second kappa shape index (κ2) is 6.74. The topological polar surface area (TPSA) is 13.1 Å². The molecule has 0 fully saturated rings. The first kappa shape index (κ1) is 13.3. The minimum atomic E-state index is 0.686. The van der Waals surface area contributed by atoms with Gasteiger partial charge in [-0.1, -0.05) is 18.2 Å². The zero-order valence-corrected chi connectivity index (χ0v) is 11.5. The van der Waals surface area contributed by atoms with Crippen LogP contribution in [0, 0.1) is 0 Å². The molecule has 0 unspecified atom stereocenters. The number of para-hydroxylation sites is 1. The second-order valence-corrected chi connectivity index (χ2v) is 4.22. The number of hydrogen-bond donors (Lipinski definition) is 0. The van der Waals surface area contributed by atoms with Crippen molar-refractivity contribution in [2.24, 2.45) is 0 Å². The van der Waals surface area contributed by atoms with E-state index in [-0.39, 0.29) is 0 Å². The highest BCUT2D eigenvalue weighted by Crippen LogP contribution is 2.20. The van der Waals surface area contributed by atoms with E-state index in [0.717, 1.165) is 17.9 Å². The molecule has 0 saturated carbocycles. The molecule has 0 aliphatic heterocycles. The Kier molecular flexibility index (Phi) is 4.73. The molecule has 2 heteroatoms. The number of rotatable bonds is 5. The molecule has 19 heavy (non-hydrogen) atoms. The Balaban J connectivity index is 2.27. The SMILES string of the molecule is CCOc1ccccc1C=Cc1cccc[n+]1CC. The molecule has 2 aromatic rings. The van der Waals surface area contributed by atoms with Crippen LogP contribution in [-0.2, 0) is 6.54 Å². The van der Waals surface area contributed by atoms with Crippen LogP contribution < -0.4 is 9.30 Å². The van der Waals surface area contributed by atoms with Crippen molar-refractivity contribution in [3.8, 4) is 5.75 Å². The lowest BCUT2D eigenvalue weighted by atomic mass is 10.1. The zero-order chi connectivity index (χ0) is 13.5. The summed E-state index contributed by atoms with van der Waals surface area (Å²) in [6.45, 7) is 5.80. The Bertz CT molecular complexity index is 561. The van der Waals surface area contributed by atoms with Crippen molar-refractivity contribution in [3.05, 3.63) is 59.9 Å². The molecule has 0 N–H and O–H groups in total. The average Bonchev–Trinajstić information content (AvgIpc) is 2.47. The van der Waals surface area contributed by atoms with Crippen LogP contribution in [0.15, 0.2) is 48.7 Å². The first-order valence-electron chi connectivity index (χ1n) is 6.73. The van der Waals surface area contributed by atoms with Gasteiger partial charge in [0.1, 0.15) is 12.3 Å². The van der Waals surface area contributed by atoms with Crippen molar-refractivity contribution in [3.63, 3.8) is 0 Å². The normalized spacial score (nSPS) is 10.8. The first-order chi connectivity index (χ1) is 9.35. The van der Waals surface area contributed by atoms with Gasteiger partial charge in [-0.15, -0.1) is 0 Å². The quantitative estimate of drug-likeness (QED) is 0.744. The fourth-order valence-electron chi connectivity index (χ4n) is 2.01. The summed E-state index contributed by atoms with van der Waals surface area (Å²) < 4.78 is 7.83. The van der Waals surface area contributed by atoms with E-state index in [4.69, 9.17) is 4.74 Å². The van der Waals surface area contributed by atoms with E-state index in [1.807, 2.05) is 25.1 Å². The van der Waals surface area contributed by atoms with Crippen molar-refractivity contribution in [1.29, 1.82) is 0 Å². The molecule has 0 radical (unpaired) electrons. The highest BCUT2D eigenvalue weighted by molar-refractivity contribution is 5.70. The predicted octanol–water partition coefficient (Wildman–Crippen LogP) is 3.56. The van der Waals surface area contributed by atoms with Crippen molar-refractivity contribution in [2.45, 2.75) is 20.4 Å². The molecule has 1 aromatic heterocycles. The molecule has 0 aliphatic rings. The van der Waals surface area contributed by atoms with E-state index in [1.54, 1.807) is 0 Å². The molecule has 1 aromatic carbocycles. The zero-order valence-electron chi connectivity index (χ0n) is 11.5. The van der Waals surface area contributed by atoms with Gasteiger partial charge in [0, 0.05) is 23.8 Å². The van der Waals surface area contributed by atoms with E-state index in [1.165, 1.54) is 5.69 Å². The highest BCUT2D eigenvalue weighted by atomic mass is 16.5. The first-order valence-corrected chi connectivity index (χ1v) is 6.73. The lowest BCUT2D eigenvalue weighted by molar-refractivity contribution is -0.695. The van der Waals surface area contributed by atoms with E-state index < -0.39 is 0 Å². The minimum absolute atomic E-state index is 0.686. The lowest BCUT2D eigenvalue weighted by Crippen LogP contribution is -2.34. The van der Waals surface area contributed by atoms with Crippen LogP contribution in [0.25, 0.3) is 12.2 Å². The van der Waals surface area contributed by atoms with Crippen LogP contribution in [-0.4, -0.2) is 6.61 Å². The summed E-state index contributed by atoms with van der Waals surface area (Å²) >= 11 is 0. The van der Waals surface area contributed by atoms with Gasteiger partial charge in [-0.2, -0.15) is 4.57 Å². The Labute approximate surface area is 115 Å². The van der Waals surface area contributed by atoms with Gasteiger partial charge in [0.15, 0.2) is 6.20 Å². The largest absolute Gasteiger partial charge is 0.493 e. The third-order valence-corrected chi connectivity index (χ3v) is 2.97. The van der Waals surface area contributed by atoms with Crippen LogP contribution in [0.3, 0.4) is 0 Å². The van der Waals surface area contributed by atoms with Crippen LogP contribution in [0.1, 0.15) is 25.1 Å². The van der Waals surface area contributed by atoms with Crippen molar-refractivity contribution in [1.82, 2.24) is 0 Å². The number of aryl methyl sites for hydroxylation is 1. The molecular weight excluding hydrogens is 234 g/mol. The molecule has 0 amide bonds. The smallest absolute Gasteiger partial charge is 0.205 e. The molecule has 98 valence electrons. The van der Waals surface area contributed by atoms with E-state index in [0.29, 0.717) is 6.61 Å². The van der Waals surface area contributed by atoms with Crippen molar-refractivity contribution in [2.75, 3.05) is 6.61 Å². The van der Waals surface area contributed by atoms with Crippen molar-refractivity contribution >= 4 is 12.2 Å². The summed E-state index contributed by atoms with van der Waals surface area (Å²) in [5, 5.41) is 0. The maximum absolute atomic E-state index is 5.62. The minimum Gasteiger partial charge on any atom is -0.493 e. The van der Waals surface area contributed by atoms with Crippen LogP contribution in [0.4, 0.5) is 0 Å². The third kappa shape index (κ3) is 3.44. The van der Waals surface area contributed by atoms with Crippen LogP contribution in [0.5, 0.6) is 5.75 Å². The van der Waals surface area contributed by atoms with Gasteiger partial charge in [0.25, 0.3) is 0 Å². The molecule has 0 atom stereocenters. The van der Waals surface area contributed by atoms with Gasteiger partial charge in [0.05, 0.1) is 6.61 Å². The Morgan fingerprint density at radius 2 is 1.79 bits per heavy atom. The van der Waals surface area contributed by atoms with E-state index in [2.05, 4.69) is 54.1 Å². The van der Waals surface area contributed by atoms with Gasteiger partial charge in [-0.05, 0) is 32.1 Å². The molecule has 0 bridgehead atoms.